The van der Waals surface area contributed by atoms with Crippen molar-refractivity contribution in [3.8, 4) is 20.9 Å². The van der Waals surface area contributed by atoms with Gasteiger partial charge in [-0.1, -0.05) is 245 Å². The van der Waals surface area contributed by atoms with Crippen LogP contribution in [0, 0.1) is 11.8 Å². The van der Waals surface area contributed by atoms with Crippen LogP contribution in [0.15, 0.2) is 31.8 Å². The highest BCUT2D eigenvalue weighted by Crippen LogP contribution is 2.44. The van der Waals surface area contributed by atoms with Crippen molar-refractivity contribution in [3.05, 3.63) is 43.0 Å². The van der Waals surface area contributed by atoms with Gasteiger partial charge in [0, 0.05) is 20.9 Å². The van der Waals surface area contributed by atoms with Crippen molar-refractivity contribution in [2.45, 2.75) is 246 Å². The number of hydrogen-bond donors (Lipinski definition) is 0. The second kappa shape index (κ2) is 33.0. The fraction of sp³-hybridized carbons (Fsp3) is 0.741. The van der Waals surface area contributed by atoms with Gasteiger partial charge in [-0.2, -0.15) is 8.75 Å². The molecule has 0 bridgehead atoms. The molecule has 0 radical (unpaired) electrons. The summed E-state index contributed by atoms with van der Waals surface area (Å²) in [4.78, 5) is 2.64. The van der Waals surface area contributed by atoms with E-state index in [2.05, 4.69) is 83.8 Å². The minimum absolute atomic E-state index is 0.769. The lowest BCUT2D eigenvalue weighted by Gasteiger charge is -2.17. The Hall–Kier alpha value is -0.600. The minimum atomic E-state index is 0.769. The highest BCUT2D eigenvalue weighted by Gasteiger charge is 2.21. The normalized spacial score (nSPS) is 12.9. The Kier molecular flexibility index (Phi) is 28.6. The van der Waals surface area contributed by atoms with Gasteiger partial charge in [0.15, 0.2) is 0 Å². The Morgan fingerprint density at radius 1 is 0.410 bits per heavy atom. The van der Waals surface area contributed by atoms with Crippen LogP contribution in [-0.2, 0) is 12.8 Å². The summed E-state index contributed by atoms with van der Waals surface area (Å²) in [7, 11) is 0. The average Bonchev–Trinajstić information content (AvgIpc) is 4.00. The monoisotopic (exact) mass is 1020 g/mol. The smallest absolute Gasteiger partial charge is 0.114 e. The van der Waals surface area contributed by atoms with Crippen molar-refractivity contribution in [1.29, 1.82) is 0 Å². The van der Waals surface area contributed by atoms with Crippen LogP contribution in [0.3, 0.4) is 0 Å². The molecule has 2 unspecified atom stereocenters. The molecule has 0 spiro atoms. The van der Waals surface area contributed by atoms with Gasteiger partial charge < -0.3 is 0 Å². The summed E-state index contributed by atoms with van der Waals surface area (Å²) in [6, 6.07) is 9.65. The van der Waals surface area contributed by atoms with Crippen LogP contribution < -0.4 is 0 Å². The van der Waals surface area contributed by atoms with Crippen molar-refractivity contribution in [1.82, 2.24) is 8.75 Å². The molecule has 0 saturated carbocycles. The number of benzene rings is 1. The van der Waals surface area contributed by atoms with Gasteiger partial charge in [0.1, 0.15) is 11.0 Å². The molecular formula is C54H86Br2N2S3. The van der Waals surface area contributed by atoms with Crippen molar-refractivity contribution in [2.75, 3.05) is 0 Å². The van der Waals surface area contributed by atoms with Crippen molar-refractivity contribution < 1.29 is 0 Å². The summed E-state index contributed by atoms with van der Waals surface area (Å²) in [5.41, 5.74) is 7.58. The lowest BCUT2D eigenvalue weighted by molar-refractivity contribution is 0.400. The Balaban J connectivity index is 1.42. The van der Waals surface area contributed by atoms with Gasteiger partial charge >= 0.3 is 0 Å². The van der Waals surface area contributed by atoms with Crippen LogP contribution in [-0.4, -0.2) is 8.75 Å². The molecule has 2 atom stereocenters. The molecule has 0 fully saturated rings. The van der Waals surface area contributed by atoms with E-state index in [1.165, 1.54) is 270 Å². The summed E-state index contributed by atoms with van der Waals surface area (Å²) in [5, 5.41) is 0. The van der Waals surface area contributed by atoms with E-state index in [4.69, 9.17) is 8.75 Å². The van der Waals surface area contributed by atoms with Crippen LogP contribution in [0.1, 0.15) is 244 Å². The van der Waals surface area contributed by atoms with Crippen molar-refractivity contribution in [2.24, 2.45) is 11.8 Å². The molecule has 0 aliphatic rings. The molecule has 0 saturated heterocycles. The zero-order valence-electron chi connectivity index (χ0n) is 39.4. The molecule has 4 rings (SSSR count). The van der Waals surface area contributed by atoms with E-state index < -0.39 is 0 Å². The van der Waals surface area contributed by atoms with E-state index in [1.807, 2.05) is 22.7 Å². The van der Waals surface area contributed by atoms with Crippen molar-refractivity contribution >= 4 is 77.3 Å². The van der Waals surface area contributed by atoms with Gasteiger partial charge in [-0.05, 0) is 79.8 Å². The molecule has 0 amide bonds. The summed E-state index contributed by atoms with van der Waals surface area (Å²) in [6.45, 7) is 9.27. The number of hydrogen-bond acceptors (Lipinski definition) is 5. The van der Waals surface area contributed by atoms with E-state index in [1.54, 1.807) is 0 Å². The molecule has 344 valence electrons. The van der Waals surface area contributed by atoms with Gasteiger partial charge in [0.25, 0.3) is 0 Å². The maximum atomic E-state index is 4.96. The Morgan fingerprint density at radius 3 is 0.984 bits per heavy atom. The topological polar surface area (TPSA) is 25.8 Å². The molecule has 7 heteroatoms. The lowest BCUT2D eigenvalue weighted by Crippen LogP contribution is -2.05. The predicted octanol–water partition coefficient (Wildman–Crippen LogP) is 21.6. The first-order valence-electron chi connectivity index (χ1n) is 25.8. The first-order chi connectivity index (χ1) is 30.0. The molecule has 2 nitrogen and oxygen atoms in total. The zero-order chi connectivity index (χ0) is 43.3. The summed E-state index contributed by atoms with van der Waals surface area (Å²) >= 11 is 13.3. The van der Waals surface area contributed by atoms with Crippen LogP contribution in [0.4, 0.5) is 0 Å². The molecule has 3 aromatic heterocycles. The van der Waals surface area contributed by atoms with E-state index in [9.17, 15) is 0 Å². The van der Waals surface area contributed by atoms with Crippen LogP contribution in [0.2, 0.25) is 0 Å². The Bertz CT molecular complexity index is 1570. The van der Waals surface area contributed by atoms with Gasteiger partial charge in [0.05, 0.1) is 19.3 Å². The van der Waals surface area contributed by atoms with Gasteiger partial charge in [-0.3, -0.25) is 0 Å². The fourth-order valence-electron chi connectivity index (χ4n) is 9.50. The van der Waals surface area contributed by atoms with Crippen LogP contribution >= 0.6 is 66.3 Å². The maximum absolute atomic E-state index is 4.96. The highest BCUT2D eigenvalue weighted by atomic mass is 79.9. The zero-order valence-corrected chi connectivity index (χ0v) is 45.0. The van der Waals surface area contributed by atoms with E-state index in [-0.39, 0.29) is 0 Å². The third-order valence-electron chi connectivity index (χ3n) is 13.3. The van der Waals surface area contributed by atoms with Gasteiger partial charge in [-0.25, -0.2) is 0 Å². The molecule has 0 aliphatic heterocycles. The number of rotatable bonds is 38. The maximum Gasteiger partial charge on any atom is 0.114 e. The van der Waals surface area contributed by atoms with Crippen LogP contribution in [0.25, 0.3) is 31.9 Å². The minimum Gasteiger partial charge on any atom is -0.172 e. The number of thiophene rings is 2. The average molecular weight is 1020 g/mol. The van der Waals surface area contributed by atoms with E-state index >= 15 is 0 Å². The highest BCUT2D eigenvalue weighted by molar-refractivity contribution is 9.11. The molecule has 0 aliphatic carbocycles. The number of nitrogens with zero attached hydrogens (tertiary/aromatic N) is 2. The van der Waals surface area contributed by atoms with E-state index in [0.717, 1.165) is 22.9 Å². The largest absolute Gasteiger partial charge is 0.172 e. The first kappa shape index (κ1) is 53.0. The number of fused-ring (bicyclic) bond motifs is 1. The Morgan fingerprint density at radius 2 is 0.689 bits per heavy atom. The molecule has 1 aromatic carbocycles. The van der Waals surface area contributed by atoms with Crippen molar-refractivity contribution in [3.63, 3.8) is 0 Å². The molecule has 4 aromatic rings. The van der Waals surface area contributed by atoms with Gasteiger partial charge in [-0.15, -0.1) is 22.7 Å². The number of unbranched alkanes of at least 4 members (excludes halogenated alkanes) is 24. The third kappa shape index (κ3) is 20.2. The second-order valence-corrected chi connectivity index (χ2v) is 24.0. The quantitative estimate of drug-likeness (QED) is 0.0418. The molecule has 0 N–H and O–H groups in total. The standard InChI is InChI=1S/C54H86Br2N2S3/c1-5-9-13-17-21-23-27-31-35-43(33-29-25-19-15-11-7-3)39-45-41-49(59-53(45)55)47-37-38-48(52-51(47)57-61-58-52)50-42-46(54(56)60-50)40-44(34-30-26-20-16-12-8-4)36-32-28-24-22-18-14-10-6-2/h37-38,41-44H,5-36,39-40H2,1-4H3. The fourth-order valence-corrected chi connectivity index (χ4v) is 13.6. The third-order valence-corrected chi connectivity index (χ3v) is 17.9. The lowest BCUT2D eigenvalue weighted by atomic mass is 9.89. The molecule has 61 heavy (non-hydrogen) atoms. The molecular weight excluding hydrogens is 933 g/mol. The van der Waals surface area contributed by atoms with Crippen LogP contribution in [0.5, 0.6) is 0 Å². The summed E-state index contributed by atoms with van der Waals surface area (Å²) in [5.74, 6) is 1.54. The SMILES string of the molecule is CCCCCCCCCCC(CCCCCCCC)Cc1cc(-c2ccc(-c3cc(CC(CCCCCCCC)CCCCCCCCCC)c(Br)s3)c3nsnc23)sc1Br. The van der Waals surface area contributed by atoms with E-state index in [0.29, 0.717) is 0 Å². The number of halogens is 2. The summed E-state index contributed by atoms with van der Waals surface area (Å²) < 4.78 is 12.5. The number of aromatic nitrogens is 2. The second-order valence-electron chi connectivity index (χ2n) is 18.7. The first-order valence-corrected chi connectivity index (χ1v) is 29.8. The predicted molar refractivity (Wildman–Crippen MR) is 284 cm³/mol. The Labute approximate surface area is 404 Å². The summed E-state index contributed by atoms with van der Waals surface area (Å²) in [6.07, 6.45) is 46.8. The van der Waals surface area contributed by atoms with Gasteiger partial charge in [0.2, 0.25) is 0 Å². The molecule has 3 heterocycles.